The van der Waals surface area contributed by atoms with E-state index in [1.807, 2.05) is 110 Å². The number of benzene rings is 2. The van der Waals surface area contributed by atoms with Gasteiger partial charge in [-0.15, -0.1) is 11.3 Å². The summed E-state index contributed by atoms with van der Waals surface area (Å²) in [6.07, 6.45) is 4.12. The topological polar surface area (TPSA) is 317 Å². The number of likely N-dealkylation sites (tertiary alicyclic amines) is 1. The number of aliphatic hydroxyl groups excluding tert-OH is 1. The number of aromatic amines is 1. The summed E-state index contributed by atoms with van der Waals surface area (Å²) in [6.45, 7) is 21.0. The number of H-pyrrole nitrogens is 1. The summed E-state index contributed by atoms with van der Waals surface area (Å²) in [6, 6.07) is 11.5. The third kappa shape index (κ3) is 20.8. The van der Waals surface area contributed by atoms with Crippen molar-refractivity contribution in [2.24, 2.45) is 11.1 Å². The molecule has 3 heterocycles. The van der Waals surface area contributed by atoms with Crippen LogP contribution in [0.5, 0.6) is 0 Å². The molecule has 1 saturated heterocycles. The Kier molecular flexibility index (Phi) is 26.7. The number of aliphatic hydroxyl groups is 1. The average Bonchev–Trinajstić information content (AvgIpc) is 4.27. The van der Waals surface area contributed by atoms with E-state index < -0.39 is 41.3 Å². The molecule has 2 aromatic heterocycles. The number of nitrogens with two attached hydrogens (primary N) is 1. The number of carbonyl (C=O) groups is 5. The maximum atomic E-state index is 14.0. The molecule has 1 fully saturated rings. The van der Waals surface area contributed by atoms with Crippen LogP contribution in [0.2, 0.25) is 0 Å². The number of β-amino-alcohol motifs (C(OH)–C–C–N with tert-alkyl or cyclic N) is 1. The van der Waals surface area contributed by atoms with E-state index in [0.29, 0.717) is 41.7 Å². The predicted molar refractivity (Wildman–Crippen MR) is 325 cm³/mol. The molecule has 11 N–H and O–H groups in total. The lowest BCUT2D eigenvalue weighted by atomic mass is 9.85. The van der Waals surface area contributed by atoms with Crippen LogP contribution in [-0.2, 0) is 51.5 Å². The van der Waals surface area contributed by atoms with Crippen LogP contribution in [0.1, 0.15) is 106 Å². The molecule has 84 heavy (non-hydrogen) atoms. The van der Waals surface area contributed by atoms with Crippen molar-refractivity contribution in [2.45, 2.75) is 126 Å². The number of carbonyl (C=O) groups excluding carboxylic acids is 5. The maximum absolute atomic E-state index is 14.0. The van der Waals surface area contributed by atoms with E-state index in [2.05, 4.69) is 42.1 Å². The summed E-state index contributed by atoms with van der Waals surface area (Å²) in [5, 5.41) is 32.6. The minimum Gasteiger partial charge on any atom is -0.404 e. The maximum Gasteiger partial charge on any atom is 0.253 e. The molecule has 5 rings (SSSR count). The standard InChI is InChI=1S/C60H86N12O11S/c1-11-71(51(62)17-12-38(4)44-29-46(47(32-61)49(30-44)67-37(2)3)56(76)64-34-48-39(5)28-40(6)68-57(48)77)21-20-66-70-53(75)19-23-81-25-27-83-82-26-24-80-22-18-52(74)69-55(60(8,9)10)59(79)72-35-45(73)31-50(72)58(78)63-33-42-13-15-43(16-14-42)54-41(7)65-36-84-54/h12-17,28-30,32,36-37,45,50,55,62,66-67,73H,11,18-27,31,33-35,61H2,1-10H3,(H,63,78)(H,64,76)(H,68,77)(H,69,74)(H,70,75). The van der Waals surface area contributed by atoms with Crippen LogP contribution in [0.4, 0.5) is 5.69 Å². The number of allylic oxidation sites excluding steroid dienone is 1. The van der Waals surface area contributed by atoms with Crippen LogP contribution in [-0.4, -0.2) is 150 Å². The molecule has 458 valence electrons. The fraction of sp³-hybridized carbons (Fsp3) is 0.500. The molecule has 0 spiro atoms. The Bertz CT molecular complexity index is 3100. The number of nitrogens with zero attached hydrogens (tertiary/aromatic N) is 3. The largest absolute Gasteiger partial charge is 0.404 e. The van der Waals surface area contributed by atoms with Gasteiger partial charge in [0.2, 0.25) is 23.6 Å². The smallest absolute Gasteiger partial charge is 0.253 e. The summed E-state index contributed by atoms with van der Waals surface area (Å²) in [4.78, 5) is 101. The SMILES string of the molecule is CCN(CCNNC(=O)CCOCCOOCCOCCC(=O)NC(C(=O)N1CC(O)CC1C(=O)NCc1ccc(-c2scnc2C)cc1)C(C)(C)C)C(=N)C=CC(C)=c1cc(NC(C)C)c(=CN)c(C(=O)NCc2c(C)cc(C)[nH]c2=O)c1. The molecule has 0 radical (unpaired) electrons. The molecular formula is C60H86N12O11S. The highest BCUT2D eigenvalue weighted by molar-refractivity contribution is 7.13. The van der Waals surface area contributed by atoms with Crippen molar-refractivity contribution in [2.75, 3.05) is 71.1 Å². The van der Waals surface area contributed by atoms with E-state index in [1.165, 1.54) is 11.1 Å². The van der Waals surface area contributed by atoms with E-state index >= 15 is 0 Å². The van der Waals surface area contributed by atoms with E-state index in [-0.39, 0.29) is 108 Å². The van der Waals surface area contributed by atoms with E-state index in [9.17, 15) is 33.9 Å². The number of amidine groups is 1. The van der Waals surface area contributed by atoms with Crippen molar-refractivity contribution in [3.8, 4) is 10.4 Å². The fourth-order valence-electron chi connectivity index (χ4n) is 9.16. The summed E-state index contributed by atoms with van der Waals surface area (Å²) in [5.74, 6) is -1.69. The molecule has 5 amide bonds. The van der Waals surface area contributed by atoms with Gasteiger partial charge in [-0.05, 0) is 106 Å². The van der Waals surface area contributed by atoms with Gasteiger partial charge in [0, 0.05) is 86.5 Å². The number of nitrogens with one attached hydrogen (secondary N) is 8. The average molecular weight is 1180 g/mol. The van der Waals surface area contributed by atoms with Crippen molar-refractivity contribution in [1.29, 1.82) is 5.41 Å². The highest BCUT2D eigenvalue weighted by Gasteiger charge is 2.44. The van der Waals surface area contributed by atoms with Crippen molar-refractivity contribution in [1.82, 2.24) is 46.6 Å². The van der Waals surface area contributed by atoms with Crippen LogP contribution in [0.15, 0.2) is 64.9 Å². The molecule has 3 atom stereocenters. The Labute approximate surface area is 495 Å². The Morgan fingerprint density at radius 2 is 1.62 bits per heavy atom. The number of aryl methyl sites for hydroxylation is 3. The number of thiazole rings is 1. The number of aromatic nitrogens is 2. The zero-order valence-electron chi connectivity index (χ0n) is 50.1. The number of ether oxygens (including phenoxy) is 2. The number of rotatable bonds is 31. The van der Waals surface area contributed by atoms with Gasteiger partial charge in [0.05, 0.1) is 60.6 Å². The fourth-order valence-corrected chi connectivity index (χ4v) is 9.98. The number of hydrogen-bond acceptors (Lipinski definition) is 17. The molecule has 1 aliphatic rings. The third-order valence-corrected chi connectivity index (χ3v) is 14.7. The van der Waals surface area contributed by atoms with Crippen molar-refractivity contribution >= 4 is 64.2 Å². The quantitative estimate of drug-likeness (QED) is 0.0114. The van der Waals surface area contributed by atoms with Gasteiger partial charge in [-0.2, -0.15) is 0 Å². The Balaban J connectivity index is 0.936. The van der Waals surface area contributed by atoms with Crippen LogP contribution >= 0.6 is 11.3 Å². The zero-order chi connectivity index (χ0) is 61.5. The second-order valence-electron chi connectivity index (χ2n) is 21.8. The van der Waals surface area contributed by atoms with Crippen molar-refractivity contribution in [3.05, 3.63) is 115 Å². The molecule has 23 nitrogen and oxygen atoms in total. The van der Waals surface area contributed by atoms with Crippen LogP contribution in [0.3, 0.4) is 0 Å². The van der Waals surface area contributed by atoms with Gasteiger partial charge < -0.3 is 56.4 Å². The van der Waals surface area contributed by atoms with Crippen LogP contribution in [0, 0.1) is 31.6 Å². The molecule has 0 aliphatic carbocycles. The lowest BCUT2D eigenvalue weighted by molar-refractivity contribution is -0.303. The minimum atomic E-state index is -0.971. The van der Waals surface area contributed by atoms with Gasteiger partial charge >= 0.3 is 0 Å². The van der Waals surface area contributed by atoms with E-state index in [0.717, 1.165) is 43.7 Å². The highest BCUT2D eigenvalue weighted by atomic mass is 32.1. The summed E-state index contributed by atoms with van der Waals surface area (Å²) in [7, 11) is 0. The number of pyridine rings is 1. The molecule has 2 aromatic carbocycles. The number of likely N-dealkylation sites (N-methyl/N-ethyl adjacent to an activating group) is 1. The van der Waals surface area contributed by atoms with Crippen LogP contribution in [0.25, 0.3) is 22.2 Å². The highest BCUT2D eigenvalue weighted by Crippen LogP contribution is 2.28. The molecule has 4 aromatic rings. The predicted octanol–water partition coefficient (Wildman–Crippen LogP) is 3.09. The first-order valence-electron chi connectivity index (χ1n) is 28.3. The minimum absolute atomic E-state index is 0.0333. The summed E-state index contributed by atoms with van der Waals surface area (Å²) in [5.41, 5.74) is 19.1. The van der Waals surface area contributed by atoms with Gasteiger partial charge in [0.25, 0.3) is 11.5 Å². The van der Waals surface area contributed by atoms with Crippen molar-refractivity contribution < 1.29 is 48.3 Å². The molecule has 0 bridgehead atoms. The molecule has 1 aliphatic heterocycles. The summed E-state index contributed by atoms with van der Waals surface area (Å²) < 4.78 is 11.0. The van der Waals surface area contributed by atoms with Gasteiger partial charge in [0.15, 0.2) is 0 Å². The van der Waals surface area contributed by atoms with Crippen molar-refractivity contribution in [3.63, 3.8) is 0 Å². The normalized spacial score (nSPS) is 15.3. The Morgan fingerprint density at radius 1 is 0.940 bits per heavy atom. The van der Waals surface area contributed by atoms with E-state index in [4.69, 9.17) is 30.4 Å². The first-order valence-corrected chi connectivity index (χ1v) is 29.2. The number of amides is 5. The molecule has 0 saturated carbocycles. The van der Waals surface area contributed by atoms with E-state index in [1.54, 1.807) is 35.9 Å². The lowest BCUT2D eigenvalue weighted by Gasteiger charge is -2.35. The Hall–Kier alpha value is -7.32. The summed E-state index contributed by atoms with van der Waals surface area (Å²) >= 11 is 1.56. The van der Waals surface area contributed by atoms with Gasteiger partial charge in [-0.3, -0.25) is 39.6 Å². The second kappa shape index (κ2) is 33.2. The number of hydrogen-bond donors (Lipinski definition) is 10. The first kappa shape index (κ1) is 67.5. The molecule has 24 heteroatoms. The second-order valence-corrected chi connectivity index (χ2v) is 22.7. The monoisotopic (exact) mass is 1180 g/mol. The van der Waals surface area contributed by atoms with Gasteiger partial charge in [0.1, 0.15) is 31.1 Å². The van der Waals surface area contributed by atoms with Crippen LogP contribution < -0.4 is 53.8 Å². The molecule has 3 unspecified atom stereocenters. The van der Waals surface area contributed by atoms with Gasteiger partial charge in [-0.25, -0.2) is 20.2 Å². The zero-order valence-corrected chi connectivity index (χ0v) is 50.9. The third-order valence-electron chi connectivity index (χ3n) is 13.7. The van der Waals surface area contributed by atoms with Gasteiger partial charge in [-0.1, -0.05) is 51.1 Å². The number of hydrazine groups is 1. The Morgan fingerprint density at radius 3 is 2.23 bits per heavy atom. The lowest BCUT2D eigenvalue weighted by Crippen LogP contribution is -2.57. The number of anilines is 1. The first-order chi connectivity index (χ1) is 40.0. The molecular weight excluding hydrogens is 1100 g/mol.